The molecule has 0 saturated carbocycles. The molecule has 1 heterocycles. The average Bonchev–Trinajstić information content (AvgIpc) is 2.41. The Labute approximate surface area is 112 Å². The quantitative estimate of drug-likeness (QED) is 0.786. The first-order valence-corrected chi connectivity index (χ1v) is 6.64. The lowest BCUT2D eigenvalue weighted by molar-refractivity contribution is -0.133. The van der Waals surface area contributed by atoms with Gasteiger partial charge in [-0.3, -0.25) is 9.59 Å². The third kappa shape index (κ3) is 2.67. The minimum absolute atomic E-state index is 0.0257. The molecule has 1 aromatic carbocycles. The minimum atomic E-state index is -0.553. The van der Waals surface area contributed by atoms with Gasteiger partial charge >= 0.3 is 0 Å². The van der Waals surface area contributed by atoms with Crippen LogP contribution in [-0.4, -0.2) is 18.2 Å². The van der Waals surface area contributed by atoms with E-state index in [1.54, 1.807) is 26.0 Å². The number of rotatable bonds is 3. The van der Waals surface area contributed by atoms with Crippen molar-refractivity contribution in [3.05, 3.63) is 29.6 Å². The summed E-state index contributed by atoms with van der Waals surface area (Å²) in [6, 6.07) is 4.75. The highest BCUT2D eigenvalue weighted by Crippen LogP contribution is 2.26. The number of halogens is 1. The number of nitrogens with zero attached hydrogens (tertiary/aromatic N) is 1. The lowest BCUT2D eigenvalue weighted by Crippen LogP contribution is -2.44. The molecule has 0 aliphatic carbocycles. The second-order valence-electron chi connectivity index (χ2n) is 4.94. The molecule has 0 spiro atoms. The Morgan fingerprint density at radius 3 is 2.84 bits per heavy atom. The third-order valence-electron chi connectivity index (χ3n) is 3.64. The molecule has 2 rings (SSSR count). The largest absolute Gasteiger partial charge is 0.312 e. The fourth-order valence-corrected chi connectivity index (χ4v) is 2.43. The van der Waals surface area contributed by atoms with Crippen molar-refractivity contribution in [2.24, 2.45) is 5.92 Å². The minimum Gasteiger partial charge on any atom is -0.312 e. The highest BCUT2D eigenvalue weighted by molar-refractivity contribution is 6.08. The van der Waals surface area contributed by atoms with Crippen LogP contribution in [0.1, 0.15) is 31.7 Å². The van der Waals surface area contributed by atoms with E-state index >= 15 is 0 Å². The topological polar surface area (TPSA) is 37.4 Å². The molecule has 4 heteroatoms. The van der Waals surface area contributed by atoms with Crippen LogP contribution in [-0.2, 0) is 9.59 Å². The molecule has 0 radical (unpaired) electrons. The molecule has 1 aromatic rings. The summed E-state index contributed by atoms with van der Waals surface area (Å²) in [5, 5.41) is 0. The van der Waals surface area contributed by atoms with E-state index in [0.29, 0.717) is 30.6 Å². The summed E-state index contributed by atoms with van der Waals surface area (Å²) in [5.74, 6) is -1.10. The number of benzene rings is 1. The number of hydrogen-bond acceptors (Lipinski definition) is 2. The van der Waals surface area contributed by atoms with Crippen LogP contribution >= 0.6 is 0 Å². The summed E-state index contributed by atoms with van der Waals surface area (Å²) in [6.07, 6.45) is 1.75. The van der Waals surface area contributed by atoms with E-state index in [2.05, 4.69) is 0 Å². The van der Waals surface area contributed by atoms with Crippen molar-refractivity contribution in [2.45, 2.75) is 33.1 Å². The normalized spacial score (nSPS) is 19.6. The first kappa shape index (κ1) is 13.7. The van der Waals surface area contributed by atoms with Gasteiger partial charge in [0.25, 0.3) is 0 Å². The maximum absolute atomic E-state index is 13.6. The monoisotopic (exact) mass is 263 g/mol. The van der Waals surface area contributed by atoms with E-state index in [-0.39, 0.29) is 17.5 Å². The Bertz CT molecular complexity index is 513. The number of aryl methyl sites for hydroxylation is 1. The van der Waals surface area contributed by atoms with Gasteiger partial charge < -0.3 is 4.90 Å². The van der Waals surface area contributed by atoms with Gasteiger partial charge in [-0.1, -0.05) is 13.0 Å². The van der Waals surface area contributed by atoms with E-state index in [9.17, 15) is 14.0 Å². The van der Waals surface area contributed by atoms with Crippen molar-refractivity contribution in [3.8, 4) is 0 Å². The Kier molecular flexibility index (Phi) is 3.98. The summed E-state index contributed by atoms with van der Waals surface area (Å²) in [6.45, 7) is 4.00. The highest BCUT2D eigenvalue weighted by Gasteiger charge is 2.33. The standard InChI is InChI=1S/C15H18FNO2/c1-3-14(18)12-5-4-8-17(15(12)19)11-7-6-10(2)13(16)9-11/h6-7,9,12H,3-5,8H2,1-2H3. The maximum atomic E-state index is 13.6. The summed E-state index contributed by atoms with van der Waals surface area (Å²) in [4.78, 5) is 25.6. The number of Topliss-reactive ketones (excluding diaryl/α,β-unsaturated/α-hetero) is 1. The van der Waals surface area contributed by atoms with Crippen molar-refractivity contribution in [3.63, 3.8) is 0 Å². The van der Waals surface area contributed by atoms with Crippen LogP contribution in [0, 0.1) is 18.7 Å². The zero-order valence-electron chi connectivity index (χ0n) is 11.3. The second kappa shape index (κ2) is 5.51. The van der Waals surface area contributed by atoms with Crippen molar-refractivity contribution in [2.75, 3.05) is 11.4 Å². The Morgan fingerprint density at radius 1 is 1.47 bits per heavy atom. The Hall–Kier alpha value is -1.71. The van der Waals surface area contributed by atoms with Gasteiger partial charge in [-0.15, -0.1) is 0 Å². The molecule has 102 valence electrons. The molecule has 3 nitrogen and oxygen atoms in total. The fraction of sp³-hybridized carbons (Fsp3) is 0.467. The van der Waals surface area contributed by atoms with Crippen molar-refractivity contribution in [1.29, 1.82) is 0 Å². The van der Waals surface area contributed by atoms with Gasteiger partial charge in [0, 0.05) is 18.7 Å². The molecule has 0 aromatic heterocycles. The van der Waals surface area contributed by atoms with Crippen LogP contribution < -0.4 is 4.90 Å². The zero-order valence-corrected chi connectivity index (χ0v) is 11.3. The van der Waals surface area contributed by atoms with Crippen LogP contribution in [0.2, 0.25) is 0 Å². The van der Waals surface area contributed by atoms with Gasteiger partial charge in [0.05, 0.1) is 5.92 Å². The first-order chi connectivity index (χ1) is 9.04. The maximum Gasteiger partial charge on any atom is 0.237 e. The first-order valence-electron chi connectivity index (χ1n) is 6.64. The molecule has 0 N–H and O–H groups in total. The number of anilines is 1. The summed E-state index contributed by atoms with van der Waals surface area (Å²) < 4.78 is 13.6. The molecular weight excluding hydrogens is 245 g/mol. The predicted octanol–water partition coefficient (Wildman–Crippen LogP) is 2.86. The molecule has 19 heavy (non-hydrogen) atoms. The van der Waals surface area contributed by atoms with Crippen LogP contribution in [0.5, 0.6) is 0 Å². The van der Waals surface area contributed by atoms with E-state index in [1.165, 1.54) is 11.0 Å². The molecule has 1 saturated heterocycles. The number of carbonyl (C=O) groups is 2. The molecule has 1 amide bonds. The van der Waals surface area contributed by atoms with Crippen LogP contribution in [0.3, 0.4) is 0 Å². The number of carbonyl (C=O) groups excluding carboxylic acids is 2. The summed E-state index contributed by atoms with van der Waals surface area (Å²) >= 11 is 0. The predicted molar refractivity (Wildman–Crippen MR) is 71.5 cm³/mol. The molecule has 0 bridgehead atoms. The highest BCUT2D eigenvalue weighted by atomic mass is 19.1. The van der Waals surface area contributed by atoms with Crippen LogP contribution in [0.4, 0.5) is 10.1 Å². The van der Waals surface area contributed by atoms with E-state index in [0.717, 1.165) is 6.42 Å². The number of ketones is 1. The molecule has 1 aliphatic rings. The molecular formula is C15H18FNO2. The van der Waals surface area contributed by atoms with Gasteiger partial charge in [-0.05, 0) is 37.5 Å². The SMILES string of the molecule is CCC(=O)C1CCCN(c2ccc(C)c(F)c2)C1=O. The lowest BCUT2D eigenvalue weighted by atomic mass is 9.91. The number of piperidine rings is 1. The van der Waals surface area contributed by atoms with Gasteiger partial charge in [-0.25, -0.2) is 4.39 Å². The molecule has 1 atom stereocenters. The van der Waals surface area contributed by atoms with Crippen molar-refractivity contribution < 1.29 is 14.0 Å². The smallest absolute Gasteiger partial charge is 0.237 e. The third-order valence-corrected chi connectivity index (χ3v) is 3.64. The summed E-state index contributed by atoms with van der Waals surface area (Å²) in [5.41, 5.74) is 1.09. The van der Waals surface area contributed by atoms with E-state index in [1.807, 2.05) is 0 Å². The molecule has 1 aliphatic heterocycles. The lowest BCUT2D eigenvalue weighted by Gasteiger charge is -2.31. The van der Waals surface area contributed by atoms with Crippen molar-refractivity contribution in [1.82, 2.24) is 0 Å². The zero-order chi connectivity index (χ0) is 14.0. The Morgan fingerprint density at radius 2 is 2.21 bits per heavy atom. The van der Waals surface area contributed by atoms with E-state index in [4.69, 9.17) is 0 Å². The van der Waals surface area contributed by atoms with Gasteiger partial charge in [0.2, 0.25) is 5.91 Å². The number of amides is 1. The second-order valence-corrected chi connectivity index (χ2v) is 4.94. The molecule has 1 unspecified atom stereocenters. The summed E-state index contributed by atoms with van der Waals surface area (Å²) in [7, 11) is 0. The average molecular weight is 263 g/mol. The molecule has 1 fully saturated rings. The van der Waals surface area contributed by atoms with E-state index < -0.39 is 5.92 Å². The van der Waals surface area contributed by atoms with Gasteiger partial charge in [0.15, 0.2) is 0 Å². The number of hydrogen-bond donors (Lipinski definition) is 0. The van der Waals surface area contributed by atoms with Crippen LogP contribution in [0.15, 0.2) is 18.2 Å². The Balaban J connectivity index is 2.26. The van der Waals surface area contributed by atoms with Gasteiger partial charge in [-0.2, -0.15) is 0 Å². The fourth-order valence-electron chi connectivity index (χ4n) is 2.43. The van der Waals surface area contributed by atoms with Crippen molar-refractivity contribution >= 4 is 17.4 Å². The van der Waals surface area contributed by atoms with Crippen LogP contribution in [0.25, 0.3) is 0 Å². The van der Waals surface area contributed by atoms with Gasteiger partial charge in [0.1, 0.15) is 11.6 Å².